The average molecular weight is 366 g/mol. The smallest absolute Gasteiger partial charge is 0.316 e. The summed E-state index contributed by atoms with van der Waals surface area (Å²) in [7, 11) is 0. The number of halogens is 2. The van der Waals surface area contributed by atoms with Crippen molar-refractivity contribution >= 4 is 29.1 Å². The summed E-state index contributed by atoms with van der Waals surface area (Å²) in [6.45, 7) is 1.28. The number of carbonyl (C=O) groups excluding carboxylic acids is 1. The molecule has 3 rings (SSSR count). The largest absolute Gasteiger partial charge is 0.458 e. The molecule has 1 aromatic carbocycles. The molecule has 5 nitrogen and oxygen atoms in total. The number of ether oxygens (including phenoxy) is 1. The molecule has 1 aliphatic heterocycles. The van der Waals surface area contributed by atoms with Gasteiger partial charge < -0.3 is 9.64 Å². The van der Waals surface area contributed by atoms with Gasteiger partial charge in [0.05, 0.1) is 30.4 Å². The molecule has 1 saturated heterocycles. The minimum absolute atomic E-state index is 0.0858. The Bertz CT molecular complexity index is 692. The van der Waals surface area contributed by atoms with Crippen LogP contribution >= 0.6 is 23.2 Å². The Labute approximate surface area is 150 Å². The summed E-state index contributed by atoms with van der Waals surface area (Å²) in [5.41, 5.74) is 0.952. The van der Waals surface area contributed by atoms with Crippen LogP contribution in [0.4, 0.5) is 0 Å². The van der Waals surface area contributed by atoms with Crippen molar-refractivity contribution in [2.75, 3.05) is 13.1 Å². The van der Waals surface area contributed by atoms with E-state index in [1.807, 2.05) is 17.0 Å². The Morgan fingerprint density at radius 1 is 1.17 bits per heavy atom. The summed E-state index contributed by atoms with van der Waals surface area (Å²) in [4.78, 5) is 22.4. The van der Waals surface area contributed by atoms with E-state index < -0.39 is 0 Å². The van der Waals surface area contributed by atoms with Crippen molar-refractivity contribution in [2.24, 2.45) is 0 Å². The van der Waals surface area contributed by atoms with E-state index in [0.717, 1.165) is 24.9 Å². The lowest BCUT2D eigenvalue weighted by atomic mass is 10.1. The van der Waals surface area contributed by atoms with E-state index in [4.69, 9.17) is 27.9 Å². The van der Waals surface area contributed by atoms with Gasteiger partial charge in [0, 0.05) is 11.6 Å². The highest BCUT2D eigenvalue weighted by molar-refractivity contribution is 6.30. The summed E-state index contributed by atoms with van der Waals surface area (Å²) in [6, 6.07) is 7.63. The van der Waals surface area contributed by atoms with Crippen LogP contribution in [0.25, 0.3) is 0 Å². The monoisotopic (exact) mass is 365 g/mol. The Morgan fingerprint density at radius 3 is 2.58 bits per heavy atom. The Morgan fingerprint density at radius 2 is 1.88 bits per heavy atom. The normalized spacial score (nSPS) is 17.6. The first-order chi connectivity index (χ1) is 11.6. The number of nitrogens with zero attached hydrogens (tertiary/aromatic N) is 3. The second kappa shape index (κ2) is 7.81. The topological polar surface area (TPSA) is 55.3 Å². The molecule has 0 radical (unpaired) electrons. The number of carbonyl (C=O) groups is 1. The summed E-state index contributed by atoms with van der Waals surface area (Å²) in [5.74, 6) is 0.0858. The van der Waals surface area contributed by atoms with E-state index in [9.17, 15) is 4.79 Å². The van der Waals surface area contributed by atoms with Gasteiger partial charge in [-0.05, 0) is 30.5 Å². The molecule has 2 heterocycles. The fraction of sp³-hybridized carbons (Fsp3) is 0.353. The molecule has 0 bridgehead atoms. The van der Waals surface area contributed by atoms with Crippen LogP contribution in [0, 0.1) is 0 Å². The van der Waals surface area contributed by atoms with Crippen molar-refractivity contribution in [3.05, 3.63) is 52.3 Å². The molecular formula is C17H17Cl2N3O2. The van der Waals surface area contributed by atoms with Crippen LogP contribution in [0.2, 0.25) is 10.0 Å². The summed E-state index contributed by atoms with van der Waals surface area (Å²) >= 11 is 11.6. The quantitative estimate of drug-likeness (QED) is 0.832. The first-order valence-electron chi connectivity index (χ1n) is 7.76. The van der Waals surface area contributed by atoms with Crippen molar-refractivity contribution in [2.45, 2.75) is 25.4 Å². The maximum Gasteiger partial charge on any atom is 0.316 e. The van der Waals surface area contributed by atoms with Gasteiger partial charge in [-0.1, -0.05) is 35.3 Å². The molecule has 1 atom stereocenters. The zero-order valence-corrected chi connectivity index (χ0v) is 14.5. The predicted molar refractivity (Wildman–Crippen MR) is 92.4 cm³/mol. The van der Waals surface area contributed by atoms with Crippen molar-refractivity contribution in [3.63, 3.8) is 0 Å². The highest BCUT2D eigenvalue weighted by Crippen LogP contribution is 2.18. The lowest BCUT2D eigenvalue weighted by molar-refractivity contribution is -0.133. The number of aromatic nitrogens is 2. The fourth-order valence-electron chi connectivity index (χ4n) is 2.66. The molecular weight excluding hydrogens is 349 g/mol. The molecule has 0 aliphatic carbocycles. The number of likely N-dealkylation sites (tertiary alicyclic amines) is 1. The minimum atomic E-state index is -0.103. The molecule has 2 aromatic rings. The fourth-order valence-corrected chi connectivity index (χ4v) is 2.88. The van der Waals surface area contributed by atoms with Crippen molar-refractivity contribution in [1.82, 2.24) is 14.9 Å². The third-order valence-electron chi connectivity index (χ3n) is 3.87. The highest BCUT2D eigenvalue weighted by atomic mass is 35.5. The zero-order chi connectivity index (χ0) is 16.9. The van der Waals surface area contributed by atoms with Crippen LogP contribution in [0.5, 0.6) is 6.01 Å². The molecule has 0 N–H and O–H groups in total. The standard InChI is InChI=1S/C17H17Cl2N3O2/c18-13-5-3-12(4-6-13)8-16(23)22-7-1-2-15(11-22)24-17-20-9-14(19)10-21-17/h3-6,9-10,15H,1-2,7-8,11H2. The first kappa shape index (κ1) is 17.0. The number of rotatable bonds is 4. The lowest BCUT2D eigenvalue weighted by Gasteiger charge is -2.32. The molecule has 1 aliphatic rings. The number of piperidine rings is 1. The third-order valence-corrected chi connectivity index (χ3v) is 4.32. The van der Waals surface area contributed by atoms with Crippen LogP contribution in [-0.2, 0) is 11.2 Å². The van der Waals surface area contributed by atoms with E-state index >= 15 is 0 Å². The van der Waals surface area contributed by atoms with Gasteiger partial charge >= 0.3 is 6.01 Å². The summed E-state index contributed by atoms with van der Waals surface area (Å²) < 4.78 is 5.76. The van der Waals surface area contributed by atoms with Gasteiger partial charge in [0.2, 0.25) is 5.91 Å². The maximum atomic E-state index is 12.5. The maximum absolute atomic E-state index is 12.5. The molecule has 1 unspecified atom stereocenters. The van der Waals surface area contributed by atoms with Gasteiger partial charge in [-0.3, -0.25) is 4.79 Å². The first-order valence-corrected chi connectivity index (χ1v) is 8.52. The zero-order valence-electron chi connectivity index (χ0n) is 13.0. The predicted octanol–water partition coefficient (Wildman–Crippen LogP) is 3.40. The van der Waals surface area contributed by atoms with Crippen molar-refractivity contribution < 1.29 is 9.53 Å². The molecule has 1 amide bonds. The van der Waals surface area contributed by atoms with Gasteiger partial charge in [0.25, 0.3) is 0 Å². The lowest BCUT2D eigenvalue weighted by Crippen LogP contribution is -2.45. The SMILES string of the molecule is O=C(Cc1ccc(Cl)cc1)N1CCCC(Oc2ncc(Cl)cn2)C1. The Hall–Kier alpha value is -1.85. The van der Waals surface area contributed by atoms with E-state index in [2.05, 4.69) is 9.97 Å². The van der Waals surface area contributed by atoms with Crippen LogP contribution in [0.1, 0.15) is 18.4 Å². The number of hydrogen-bond acceptors (Lipinski definition) is 4. The Kier molecular flexibility index (Phi) is 5.53. The van der Waals surface area contributed by atoms with Gasteiger partial charge in [-0.25, -0.2) is 9.97 Å². The second-order valence-electron chi connectivity index (χ2n) is 5.71. The van der Waals surface area contributed by atoms with E-state index in [1.165, 1.54) is 12.4 Å². The van der Waals surface area contributed by atoms with Crippen LogP contribution < -0.4 is 4.74 Å². The summed E-state index contributed by atoms with van der Waals surface area (Å²) in [6.07, 6.45) is 5.02. The summed E-state index contributed by atoms with van der Waals surface area (Å²) in [5, 5.41) is 1.13. The minimum Gasteiger partial charge on any atom is -0.458 e. The molecule has 7 heteroatoms. The third kappa shape index (κ3) is 4.58. The second-order valence-corrected chi connectivity index (χ2v) is 6.58. The van der Waals surface area contributed by atoms with Crippen molar-refractivity contribution in [1.29, 1.82) is 0 Å². The van der Waals surface area contributed by atoms with Crippen molar-refractivity contribution in [3.8, 4) is 6.01 Å². The van der Waals surface area contributed by atoms with Crippen LogP contribution in [0.3, 0.4) is 0 Å². The van der Waals surface area contributed by atoms with Gasteiger partial charge in [-0.15, -0.1) is 0 Å². The van der Waals surface area contributed by atoms with Gasteiger partial charge in [0.1, 0.15) is 6.10 Å². The molecule has 24 heavy (non-hydrogen) atoms. The van der Waals surface area contributed by atoms with E-state index in [0.29, 0.717) is 23.0 Å². The van der Waals surface area contributed by atoms with E-state index in [1.54, 1.807) is 12.1 Å². The van der Waals surface area contributed by atoms with E-state index in [-0.39, 0.29) is 18.0 Å². The van der Waals surface area contributed by atoms with Gasteiger partial charge in [-0.2, -0.15) is 0 Å². The number of benzene rings is 1. The number of hydrogen-bond donors (Lipinski definition) is 0. The van der Waals surface area contributed by atoms with Crippen LogP contribution in [0.15, 0.2) is 36.7 Å². The highest BCUT2D eigenvalue weighted by Gasteiger charge is 2.25. The number of amides is 1. The van der Waals surface area contributed by atoms with Gasteiger partial charge in [0.15, 0.2) is 0 Å². The molecule has 1 fully saturated rings. The van der Waals surface area contributed by atoms with Crippen LogP contribution in [-0.4, -0.2) is 40.0 Å². The molecule has 126 valence electrons. The molecule has 0 saturated carbocycles. The average Bonchev–Trinajstić information content (AvgIpc) is 2.59. The Balaban J connectivity index is 1.57. The molecule has 0 spiro atoms. The molecule has 1 aromatic heterocycles.